The molecule has 1 aromatic heterocycles. The van der Waals surface area contributed by atoms with Gasteiger partial charge < -0.3 is 19.7 Å². The fourth-order valence-corrected chi connectivity index (χ4v) is 2.92. The second-order valence-corrected chi connectivity index (χ2v) is 8.15. The summed E-state index contributed by atoms with van der Waals surface area (Å²) in [7, 11) is 0. The van der Waals surface area contributed by atoms with Gasteiger partial charge in [0.15, 0.2) is 5.69 Å². The Morgan fingerprint density at radius 3 is 2.32 bits per heavy atom. The van der Waals surface area contributed by atoms with Crippen molar-refractivity contribution >= 4 is 12.1 Å². The number of nitrogens with one attached hydrogen (secondary N) is 1. The predicted octanol–water partition coefficient (Wildman–Crippen LogP) is 4.16. The van der Waals surface area contributed by atoms with Crippen LogP contribution in [0, 0.1) is 12.8 Å². The zero-order valence-corrected chi connectivity index (χ0v) is 17.3. The number of carboxylic acids is 1. The van der Waals surface area contributed by atoms with Crippen molar-refractivity contribution < 1.29 is 19.4 Å². The molecule has 7 nitrogen and oxygen atoms in total. The Hall–Kier alpha value is -2.83. The molecule has 2 N–H and O–H groups in total. The minimum atomic E-state index is -1.09. The molecule has 2 aromatic rings. The van der Waals surface area contributed by atoms with Crippen LogP contribution in [0.1, 0.15) is 68.2 Å². The van der Waals surface area contributed by atoms with Crippen LogP contribution in [-0.2, 0) is 11.3 Å². The molecule has 0 saturated carbocycles. The SMILES string of the molecule is Cc1c(C(=O)O)nc(C(NC(=O)OC(C)(C)C)C(C)C)n1Cc1ccccc1. The number of hydrogen-bond donors (Lipinski definition) is 2. The lowest BCUT2D eigenvalue weighted by atomic mass is 10.0. The first-order chi connectivity index (χ1) is 13.0. The summed E-state index contributed by atoms with van der Waals surface area (Å²) in [6.45, 7) is 11.5. The molecule has 28 heavy (non-hydrogen) atoms. The van der Waals surface area contributed by atoms with Crippen molar-refractivity contribution in [3.8, 4) is 0 Å². The third-order valence-corrected chi connectivity index (χ3v) is 4.25. The number of aromatic nitrogens is 2. The van der Waals surface area contributed by atoms with Gasteiger partial charge in [-0.3, -0.25) is 0 Å². The van der Waals surface area contributed by atoms with Gasteiger partial charge in [0.2, 0.25) is 0 Å². The average Bonchev–Trinajstić information content (AvgIpc) is 2.89. The Kier molecular flexibility index (Phi) is 6.48. The van der Waals surface area contributed by atoms with Gasteiger partial charge in [0.25, 0.3) is 0 Å². The number of alkyl carbamates (subject to hydrolysis) is 1. The van der Waals surface area contributed by atoms with Crippen LogP contribution in [-0.4, -0.2) is 32.3 Å². The Morgan fingerprint density at radius 2 is 1.82 bits per heavy atom. The molecule has 2 rings (SSSR count). The lowest BCUT2D eigenvalue weighted by Gasteiger charge is -2.26. The number of amides is 1. The minimum Gasteiger partial charge on any atom is -0.476 e. The Balaban J connectivity index is 2.45. The summed E-state index contributed by atoms with van der Waals surface area (Å²) in [6, 6.07) is 9.22. The van der Waals surface area contributed by atoms with E-state index in [1.807, 2.05) is 48.7 Å². The fraction of sp³-hybridized carbons (Fsp3) is 0.476. The molecule has 0 aliphatic carbocycles. The number of carbonyl (C=O) groups excluding carboxylic acids is 1. The summed E-state index contributed by atoms with van der Waals surface area (Å²) in [4.78, 5) is 28.4. The van der Waals surface area contributed by atoms with E-state index in [2.05, 4.69) is 10.3 Å². The number of carboxylic acid groups (broad SMARTS) is 1. The van der Waals surface area contributed by atoms with Gasteiger partial charge in [-0.05, 0) is 39.2 Å². The number of benzene rings is 1. The second kappa shape index (κ2) is 8.46. The average molecular weight is 387 g/mol. The van der Waals surface area contributed by atoms with Gasteiger partial charge in [0.1, 0.15) is 11.4 Å². The molecule has 1 heterocycles. The third kappa shape index (κ3) is 5.34. The smallest absolute Gasteiger partial charge is 0.408 e. The maximum absolute atomic E-state index is 12.4. The first kappa shape index (κ1) is 21.5. The highest BCUT2D eigenvalue weighted by atomic mass is 16.6. The van der Waals surface area contributed by atoms with Crippen LogP contribution in [0.3, 0.4) is 0 Å². The van der Waals surface area contributed by atoms with E-state index >= 15 is 0 Å². The van der Waals surface area contributed by atoms with E-state index in [0.29, 0.717) is 18.1 Å². The highest BCUT2D eigenvalue weighted by molar-refractivity contribution is 5.86. The molecule has 0 bridgehead atoms. The Labute approximate surface area is 165 Å². The van der Waals surface area contributed by atoms with Crippen LogP contribution in [0.2, 0.25) is 0 Å². The first-order valence-corrected chi connectivity index (χ1v) is 9.33. The summed E-state index contributed by atoms with van der Waals surface area (Å²) in [5.74, 6) is -0.615. The van der Waals surface area contributed by atoms with E-state index < -0.39 is 23.7 Å². The zero-order chi connectivity index (χ0) is 21.1. The van der Waals surface area contributed by atoms with Gasteiger partial charge in [-0.25, -0.2) is 14.6 Å². The highest BCUT2D eigenvalue weighted by Crippen LogP contribution is 2.26. The molecular weight excluding hydrogens is 358 g/mol. The summed E-state index contributed by atoms with van der Waals surface area (Å²) in [6.07, 6.45) is -0.560. The van der Waals surface area contributed by atoms with E-state index in [4.69, 9.17) is 4.74 Å². The van der Waals surface area contributed by atoms with Crippen molar-refractivity contribution in [2.45, 2.75) is 59.7 Å². The lowest BCUT2D eigenvalue weighted by Crippen LogP contribution is -2.38. The molecule has 0 fully saturated rings. The topological polar surface area (TPSA) is 93.4 Å². The van der Waals surface area contributed by atoms with E-state index in [-0.39, 0.29) is 11.6 Å². The summed E-state index contributed by atoms with van der Waals surface area (Å²) < 4.78 is 7.23. The van der Waals surface area contributed by atoms with Crippen molar-refractivity contribution in [1.29, 1.82) is 0 Å². The molecule has 0 aliphatic rings. The number of hydrogen-bond acceptors (Lipinski definition) is 4. The quantitative estimate of drug-likeness (QED) is 0.776. The maximum atomic E-state index is 12.4. The van der Waals surface area contributed by atoms with Crippen LogP contribution < -0.4 is 5.32 Å². The van der Waals surface area contributed by atoms with E-state index in [9.17, 15) is 14.7 Å². The molecule has 152 valence electrons. The van der Waals surface area contributed by atoms with E-state index in [1.165, 1.54) is 0 Å². The van der Waals surface area contributed by atoms with Gasteiger partial charge in [-0.2, -0.15) is 0 Å². The van der Waals surface area contributed by atoms with Crippen molar-refractivity contribution in [1.82, 2.24) is 14.9 Å². The van der Waals surface area contributed by atoms with Crippen molar-refractivity contribution in [2.75, 3.05) is 0 Å². The van der Waals surface area contributed by atoms with Crippen LogP contribution in [0.4, 0.5) is 4.79 Å². The van der Waals surface area contributed by atoms with Crippen LogP contribution in [0.15, 0.2) is 30.3 Å². The molecular formula is C21H29N3O4. The van der Waals surface area contributed by atoms with Gasteiger partial charge in [-0.15, -0.1) is 0 Å². The van der Waals surface area contributed by atoms with Crippen LogP contribution in [0.5, 0.6) is 0 Å². The van der Waals surface area contributed by atoms with E-state index in [0.717, 1.165) is 5.56 Å². The number of carbonyl (C=O) groups is 2. The normalized spacial score (nSPS) is 12.7. The van der Waals surface area contributed by atoms with Gasteiger partial charge in [0.05, 0.1) is 6.04 Å². The number of rotatable bonds is 6. The van der Waals surface area contributed by atoms with Gasteiger partial charge >= 0.3 is 12.1 Å². The van der Waals surface area contributed by atoms with Crippen molar-refractivity contribution in [3.63, 3.8) is 0 Å². The molecule has 1 aromatic carbocycles. The molecule has 1 amide bonds. The zero-order valence-electron chi connectivity index (χ0n) is 17.3. The third-order valence-electron chi connectivity index (χ3n) is 4.25. The monoisotopic (exact) mass is 387 g/mol. The molecule has 0 aliphatic heterocycles. The van der Waals surface area contributed by atoms with Gasteiger partial charge in [0, 0.05) is 12.2 Å². The Morgan fingerprint density at radius 1 is 1.21 bits per heavy atom. The molecule has 7 heteroatoms. The first-order valence-electron chi connectivity index (χ1n) is 9.33. The van der Waals surface area contributed by atoms with Crippen LogP contribution >= 0.6 is 0 Å². The number of imidazole rings is 1. The molecule has 1 atom stereocenters. The lowest BCUT2D eigenvalue weighted by molar-refractivity contribution is 0.0485. The Bertz CT molecular complexity index is 835. The highest BCUT2D eigenvalue weighted by Gasteiger charge is 2.29. The molecule has 0 saturated heterocycles. The van der Waals surface area contributed by atoms with Crippen molar-refractivity contribution in [2.24, 2.45) is 5.92 Å². The molecule has 0 radical (unpaired) electrons. The fourth-order valence-electron chi connectivity index (χ4n) is 2.92. The number of aromatic carboxylic acids is 1. The maximum Gasteiger partial charge on any atom is 0.408 e. The molecule has 1 unspecified atom stereocenters. The number of ether oxygens (including phenoxy) is 1. The minimum absolute atomic E-state index is 0.0115. The second-order valence-electron chi connectivity index (χ2n) is 8.15. The largest absolute Gasteiger partial charge is 0.476 e. The summed E-state index contributed by atoms with van der Waals surface area (Å²) in [5.41, 5.74) is 0.916. The summed E-state index contributed by atoms with van der Waals surface area (Å²) in [5, 5.41) is 12.4. The summed E-state index contributed by atoms with van der Waals surface area (Å²) >= 11 is 0. The van der Waals surface area contributed by atoms with Crippen LogP contribution in [0.25, 0.3) is 0 Å². The number of nitrogens with zero attached hydrogens (tertiary/aromatic N) is 2. The van der Waals surface area contributed by atoms with Gasteiger partial charge in [-0.1, -0.05) is 44.2 Å². The van der Waals surface area contributed by atoms with Crippen molar-refractivity contribution in [3.05, 3.63) is 53.1 Å². The molecule has 0 spiro atoms. The standard InChI is InChI=1S/C21H29N3O4/c1-13(2)16(23-20(27)28-21(4,5)6)18-22-17(19(25)26)14(3)24(18)12-15-10-8-7-9-11-15/h7-11,13,16H,12H2,1-6H3,(H,23,27)(H,25,26). The predicted molar refractivity (Wildman–Crippen MR) is 106 cm³/mol. The van der Waals surface area contributed by atoms with E-state index in [1.54, 1.807) is 27.7 Å².